The van der Waals surface area contributed by atoms with E-state index in [9.17, 15) is 14.4 Å². The maximum atomic E-state index is 12.9. The summed E-state index contributed by atoms with van der Waals surface area (Å²) >= 11 is 19.2. The number of para-hydroxylation sites is 1. The Morgan fingerprint density at radius 1 is 0.947 bits per heavy atom. The zero-order valence-electron chi connectivity index (χ0n) is 19.9. The smallest absolute Gasteiger partial charge is 0.343 e. The average Bonchev–Trinajstić information content (AvgIpc) is 3.15. The highest BCUT2D eigenvalue weighted by molar-refractivity contribution is 8.18. The average molecular weight is 593 g/mol. The maximum Gasteiger partial charge on any atom is 0.343 e. The van der Waals surface area contributed by atoms with Crippen LogP contribution in [0.2, 0.25) is 15.1 Å². The number of amides is 2. The minimum Gasteiger partial charge on any atom is -0.490 e. The fourth-order valence-corrected chi connectivity index (χ4v) is 4.86. The first-order chi connectivity index (χ1) is 18.3. The highest BCUT2D eigenvalue weighted by Gasteiger charge is 2.35. The summed E-state index contributed by atoms with van der Waals surface area (Å²) < 4.78 is 16.8. The van der Waals surface area contributed by atoms with E-state index in [0.717, 1.165) is 16.7 Å². The minimum absolute atomic E-state index is 0.0374. The molecule has 3 aromatic carbocycles. The topological polar surface area (TPSA) is 82.1 Å². The summed E-state index contributed by atoms with van der Waals surface area (Å²) in [6.07, 6.45) is 1.53. The molecular weight excluding hydrogens is 573 g/mol. The van der Waals surface area contributed by atoms with Crippen LogP contribution in [0.1, 0.15) is 22.8 Å². The van der Waals surface area contributed by atoms with Crippen LogP contribution in [0.15, 0.2) is 65.6 Å². The number of ether oxygens (including phenoxy) is 3. The molecule has 0 spiro atoms. The number of rotatable bonds is 9. The van der Waals surface area contributed by atoms with E-state index in [-0.39, 0.29) is 46.7 Å². The molecule has 38 heavy (non-hydrogen) atoms. The molecule has 0 saturated carbocycles. The summed E-state index contributed by atoms with van der Waals surface area (Å²) in [4.78, 5) is 39.3. The molecule has 2 amide bonds. The van der Waals surface area contributed by atoms with Gasteiger partial charge in [-0.1, -0.05) is 46.9 Å². The van der Waals surface area contributed by atoms with Gasteiger partial charge in [-0.15, -0.1) is 0 Å². The molecule has 3 aromatic rings. The van der Waals surface area contributed by atoms with Crippen molar-refractivity contribution in [2.45, 2.75) is 6.92 Å². The van der Waals surface area contributed by atoms with Crippen LogP contribution in [0, 0.1) is 0 Å². The molecule has 1 fully saturated rings. The Hall–Kier alpha value is -3.17. The third kappa shape index (κ3) is 6.63. The normalized spacial score (nSPS) is 14.2. The molecule has 1 heterocycles. The molecule has 1 saturated heterocycles. The molecule has 4 rings (SSSR count). The molecule has 0 radical (unpaired) electrons. The van der Waals surface area contributed by atoms with E-state index in [2.05, 4.69) is 0 Å². The number of benzene rings is 3. The lowest BCUT2D eigenvalue weighted by atomic mass is 10.1. The third-order valence-corrected chi connectivity index (χ3v) is 6.94. The van der Waals surface area contributed by atoms with Crippen molar-refractivity contribution < 1.29 is 28.6 Å². The Balaban J connectivity index is 1.49. The van der Waals surface area contributed by atoms with Gasteiger partial charge in [0.05, 0.1) is 33.7 Å². The Morgan fingerprint density at radius 2 is 1.68 bits per heavy atom. The van der Waals surface area contributed by atoms with Crippen molar-refractivity contribution in [2.75, 3.05) is 19.8 Å². The molecule has 0 atom stereocenters. The quantitative estimate of drug-likeness (QED) is 0.146. The second-order valence-electron chi connectivity index (χ2n) is 7.77. The van der Waals surface area contributed by atoms with Crippen LogP contribution in [0.4, 0.5) is 4.79 Å². The number of imide groups is 1. The SMILES string of the molecule is CCOc1cc(/C=C2\SC(=O)N(CCOc3ccccc3Cl)C2=O)cc(Cl)c1OC(=O)c1ccc(Cl)cc1. The lowest BCUT2D eigenvalue weighted by Gasteiger charge is -2.14. The summed E-state index contributed by atoms with van der Waals surface area (Å²) in [5.41, 5.74) is 0.770. The van der Waals surface area contributed by atoms with Gasteiger partial charge in [0.25, 0.3) is 11.1 Å². The van der Waals surface area contributed by atoms with Crippen LogP contribution in [-0.2, 0) is 4.79 Å². The van der Waals surface area contributed by atoms with Crippen molar-refractivity contribution in [3.8, 4) is 17.2 Å². The molecule has 0 bridgehead atoms. The van der Waals surface area contributed by atoms with Gasteiger partial charge in [0.15, 0.2) is 11.5 Å². The molecule has 0 N–H and O–H groups in total. The minimum atomic E-state index is -0.641. The summed E-state index contributed by atoms with van der Waals surface area (Å²) in [5, 5.41) is 0.591. The second-order valence-corrected chi connectivity index (χ2v) is 10.0. The zero-order chi connectivity index (χ0) is 27.2. The Kier molecular flexibility index (Phi) is 9.22. The first-order valence-electron chi connectivity index (χ1n) is 11.3. The lowest BCUT2D eigenvalue weighted by Crippen LogP contribution is -2.32. The maximum absolute atomic E-state index is 12.9. The molecular formula is C27H20Cl3NO6S. The van der Waals surface area contributed by atoms with Gasteiger partial charge in [0.2, 0.25) is 0 Å². The van der Waals surface area contributed by atoms with Crippen molar-refractivity contribution in [1.29, 1.82) is 0 Å². The molecule has 0 aromatic heterocycles. The number of hydrogen-bond acceptors (Lipinski definition) is 7. The zero-order valence-corrected chi connectivity index (χ0v) is 23.0. The van der Waals surface area contributed by atoms with Gasteiger partial charge in [0.1, 0.15) is 12.4 Å². The van der Waals surface area contributed by atoms with E-state index >= 15 is 0 Å². The van der Waals surface area contributed by atoms with Crippen molar-refractivity contribution in [3.05, 3.63) is 91.8 Å². The standard InChI is InChI=1S/C27H20Cl3NO6S/c1-2-35-22-14-16(13-20(30)24(22)37-26(33)17-7-9-18(28)10-8-17)15-23-25(32)31(27(34)38-23)11-12-36-21-6-4-3-5-19(21)29/h3-10,13-15H,2,11-12H2,1H3/b23-15-. The molecule has 11 heteroatoms. The van der Waals surface area contributed by atoms with Gasteiger partial charge in [-0.25, -0.2) is 4.79 Å². The highest BCUT2D eigenvalue weighted by Crippen LogP contribution is 2.39. The van der Waals surface area contributed by atoms with Crippen LogP contribution >= 0.6 is 46.6 Å². The highest BCUT2D eigenvalue weighted by atomic mass is 35.5. The summed E-state index contributed by atoms with van der Waals surface area (Å²) in [6, 6.07) is 16.2. The number of carbonyl (C=O) groups excluding carboxylic acids is 3. The van der Waals surface area contributed by atoms with Gasteiger partial charge < -0.3 is 14.2 Å². The molecule has 0 unspecified atom stereocenters. The van der Waals surface area contributed by atoms with Gasteiger partial charge in [-0.3, -0.25) is 14.5 Å². The van der Waals surface area contributed by atoms with Crippen molar-refractivity contribution in [3.63, 3.8) is 0 Å². The van der Waals surface area contributed by atoms with Gasteiger partial charge in [-0.05, 0) is 78.9 Å². The third-order valence-electron chi connectivity index (χ3n) is 5.19. The van der Waals surface area contributed by atoms with E-state index < -0.39 is 17.1 Å². The molecule has 1 aliphatic rings. The Morgan fingerprint density at radius 3 is 2.39 bits per heavy atom. The number of carbonyl (C=O) groups is 3. The number of halogens is 3. The molecule has 1 aliphatic heterocycles. The van der Waals surface area contributed by atoms with Crippen LogP contribution in [0.3, 0.4) is 0 Å². The van der Waals surface area contributed by atoms with Crippen LogP contribution < -0.4 is 14.2 Å². The van der Waals surface area contributed by atoms with E-state index in [0.29, 0.717) is 21.4 Å². The van der Waals surface area contributed by atoms with E-state index in [1.54, 1.807) is 49.4 Å². The van der Waals surface area contributed by atoms with Gasteiger partial charge in [0, 0.05) is 5.02 Å². The number of esters is 1. The van der Waals surface area contributed by atoms with Crippen molar-refractivity contribution >= 4 is 69.8 Å². The van der Waals surface area contributed by atoms with Crippen LogP contribution in [0.5, 0.6) is 17.2 Å². The van der Waals surface area contributed by atoms with E-state index in [1.807, 2.05) is 0 Å². The van der Waals surface area contributed by atoms with Crippen LogP contribution in [0.25, 0.3) is 6.08 Å². The van der Waals surface area contributed by atoms with E-state index in [4.69, 9.17) is 49.0 Å². The number of thioether (sulfide) groups is 1. The molecule has 196 valence electrons. The predicted octanol–water partition coefficient (Wildman–Crippen LogP) is 7.38. The van der Waals surface area contributed by atoms with Crippen molar-refractivity contribution in [2.24, 2.45) is 0 Å². The summed E-state index contributed by atoms with van der Waals surface area (Å²) in [5.74, 6) is -0.393. The number of nitrogens with zero attached hydrogens (tertiary/aromatic N) is 1. The first-order valence-corrected chi connectivity index (χ1v) is 13.3. The van der Waals surface area contributed by atoms with E-state index in [1.165, 1.54) is 24.3 Å². The van der Waals surface area contributed by atoms with Crippen molar-refractivity contribution in [1.82, 2.24) is 4.90 Å². The Bertz CT molecular complexity index is 1410. The lowest BCUT2D eigenvalue weighted by molar-refractivity contribution is -0.123. The number of hydrogen-bond donors (Lipinski definition) is 0. The fraction of sp³-hybridized carbons (Fsp3) is 0.148. The monoisotopic (exact) mass is 591 g/mol. The summed E-state index contributed by atoms with van der Waals surface area (Å²) in [7, 11) is 0. The Labute approximate surface area is 238 Å². The fourth-order valence-electron chi connectivity index (χ4n) is 3.42. The van der Waals surface area contributed by atoms with Gasteiger partial charge in [-0.2, -0.15) is 0 Å². The largest absolute Gasteiger partial charge is 0.490 e. The van der Waals surface area contributed by atoms with Crippen LogP contribution in [-0.4, -0.2) is 41.8 Å². The predicted molar refractivity (Wildman–Crippen MR) is 149 cm³/mol. The first kappa shape index (κ1) is 27.9. The summed E-state index contributed by atoms with van der Waals surface area (Å²) in [6.45, 7) is 2.18. The second kappa shape index (κ2) is 12.6. The van der Waals surface area contributed by atoms with Gasteiger partial charge >= 0.3 is 5.97 Å². The molecule has 7 nitrogen and oxygen atoms in total. The molecule has 0 aliphatic carbocycles.